The van der Waals surface area contributed by atoms with Crippen LogP contribution in [0.4, 0.5) is 0 Å². The summed E-state index contributed by atoms with van der Waals surface area (Å²) < 4.78 is 48.4. The van der Waals surface area contributed by atoms with Crippen molar-refractivity contribution >= 4 is 19.7 Å². The van der Waals surface area contributed by atoms with Crippen molar-refractivity contribution in [2.24, 2.45) is 0 Å². The summed E-state index contributed by atoms with van der Waals surface area (Å²) in [7, 11) is -8.11. The number of phenols is 2. The smallest absolute Gasteiger partial charge is 0.193 e. The van der Waals surface area contributed by atoms with Gasteiger partial charge >= 0.3 is 0 Å². The van der Waals surface area contributed by atoms with Crippen molar-refractivity contribution in [1.82, 2.24) is 0 Å². The van der Waals surface area contributed by atoms with Gasteiger partial charge in [-0.15, -0.1) is 0 Å². The number of rotatable bonds is 4. The fraction of sp³-hybridized carbons (Fsp3) is 0.0769. The number of hydrogen-bond acceptors (Lipinski definition) is 6. The quantitative estimate of drug-likeness (QED) is 0.876. The maximum Gasteiger partial charge on any atom is 0.193 e. The molecule has 0 unspecified atom stereocenters. The van der Waals surface area contributed by atoms with Crippen LogP contribution in [0.2, 0.25) is 0 Å². The van der Waals surface area contributed by atoms with Crippen LogP contribution in [0.25, 0.3) is 0 Å². The highest BCUT2D eigenvalue weighted by atomic mass is 32.3. The molecule has 0 aliphatic rings. The second-order valence-corrected chi connectivity index (χ2v) is 8.68. The van der Waals surface area contributed by atoms with Crippen LogP contribution < -0.4 is 0 Å². The molecule has 112 valence electrons. The maximum atomic E-state index is 12.1. The van der Waals surface area contributed by atoms with Gasteiger partial charge in [0.15, 0.2) is 24.8 Å². The minimum Gasteiger partial charge on any atom is -0.508 e. The van der Waals surface area contributed by atoms with E-state index in [1.54, 1.807) is 0 Å². The lowest BCUT2D eigenvalue weighted by Crippen LogP contribution is -2.17. The Hall–Kier alpha value is -2.06. The lowest BCUT2D eigenvalue weighted by molar-refractivity contribution is 0.474. The second-order valence-electron chi connectivity index (χ2n) is 4.34. The van der Waals surface area contributed by atoms with E-state index in [-0.39, 0.29) is 21.3 Å². The SMILES string of the molecule is O=S(=O)(CS(=O)(=O)c1ccc(O)cc1)c1ccc(O)cc1. The first-order valence-electron chi connectivity index (χ1n) is 5.74. The summed E-state index contributed by atoms with van der Waals surface area (Å²) in [5, 5.41) is 17.2. The first kappa shape index (κ1) is 15.3. The molecule has 2 N–H and O–H groups in total. The average molecular weight is 328 g/mol. The largest absolute Gasteiger partial charge is 0.508 e. The normalized spacial score (nSPS) is 12.2. The average Bonchev–Trinajstić information content (AvgIpc) is 2.38. The van der Waals surface area contributed by atoms with E-state index in [9.17, 15) is 16.8 Å². The molecule has 0 atom stereocenters. The zero-order valence-corrected chi connectivity index (χ0v) is 12.3. The maximum absolute atomic E-state index is 12.1. The monoisotopic (exact) mass is 328 g/mol. The predicted octanol–water partition coefficient (Wildman–Crippen LogP) is 1.30. The van der Waals surface area contributed by atoms with Gasteiger partial charge < -0.3 is 10.2 Å². The lowest BCUT2D eigenvalue weighted by atomic mass is 10.3. The number of aromatic hydroxyl groups is 2. The summed E-state index contributed by atoms with van der Waals surface area (Å²) in [5.41, 5.74) is 0. The van der Waals surface area contributed by atoms with Gasteiger partial charge in [-0.05, 0) is 48.5 Å². The Kier molecular flexibility index (Phi) is 3.93. The summed E-state index contributed by atoms with van der Waals surface area (Å²) in [4.78, 5) is -0.384. The highest BCUT2D eigenvalue weighted by Crippen LogP contribution is 2.21. The van der Waals surface area contributed by atoms with Crippen molar-refractivity contribution in [2.45, 2.75) is 9.79 Å². The van der Waals surface area contributed by atoms with Crippen molar-refractivity contribution in [1.29, 1.82) is 0 Å². The van der Waals surface area contributed by atoms with Crippen molar-refractivity contribution in [2.75, 3.05) is 5.08 Å². The molecule has 2 aromatic carbocycles. The van der Waals surface area contributed by atoms with Crippen LogP contribution >= 0.6 is 0 Å². The van der Waals surface area contributed by atoms with E-state index in [2.05, 4.69) is 0 Å². The standard InChI is InChI=1S/C13H12O6S2/c14-10-1-5-12(6-2-10)20(16,17)9-21(18,19)13-7-3-11(15)4-8-13/h1-8,14-15H,9H2. The van der Waals surface area contributed by atoms with E-state index in [1.807, 2.05) is 0 Å². The first-order chi connectivity index (χ1) is 9.71. The number of sulfone groups is 2. The van der Waals surface area contributed by atoms with Gasteiger partial charge in [0.05, 0.1) is 9.79 Å². The van der Waals surface area contributed by atoms with Gasteiger partial charge in [-0.25, -0.2) is 16.8 Å². The van der Waals surface area contributed by atoms with Gasteiger partial charge in [0.1, 0.15) is 11.5 Å². The molecule has 0 fully saturated rings. The molecule has 0 spiro atoms. The molecule has 0 radical (unpaired) electrons. The molecule has 0 aliphatic carbocycles. The molecular formula is C13H12O6S2. The van der Waals surface area contributed by atoms with Gasteiger partial charge in [0.2, 0.25) is 0 Å². The van der Waals surface area contributed by atoms with Crippen molar-refractivity contribution in [3.8, 4) is 11.5 Å². The van der Waals surface area contributed by atoms with E-state index >= 15 is 0 Å². The van der Waals surface area contributed by atoms with Crippen LogP contribution in [0, 0.1) is 0 Å². The molecule has 0 aromatic heterocycles. The minimum atomic E-state index is -4.05. The van der Waals surface area contributed by atoms with Crippen LogP contribution in [0.15, 0.2) is 58.3 Å². The van der Waals surface area contributed by atoms with Crippen LogP contribution in [0.1, 0.15) is 0 Å². The zero-order chi connectivity index (χ0) is 15.7. The fourth-order valence-corrected chi connectivity index (χ4v) is 5.47. The Morgan fingerprint density at radius 2 is 0.905 bits per heavy atom. The van der Waals surface area contributed by atoms with E-state index < -0.39 is 24.8 Å². The molecule has 0 bridgehead atoms. The Bertz CT molecular complexity index is 761. The minimum absolute atomic E-state index is 0.115. The van der Waals surface area contributed by atoms with Gasteiger partial charge in [-0.3, -0.25) is 0 Å². The van der Waals surface area contributed by atoms with E-state index in [1.165, 1.54) is 24.3 Å². The summed E-state index contributed by atoms with van der Waals surface area (Å²) in [6.45, 7) is 0. The summed E-state index contributed by atoms with van der Waals surface area (Å²) in [6, 6.07) is 9.21. The lowest BCUT2D eigenvalue weighted by Gasteiger charge is -2.06. The highest BCUT2D eigenvalue weighted by Gasteiger charge is 2.25. The molecule has 2 aromatic rings. The molecule has 2 rings (SSSR count). The Labute approximate surface area is 122 Å². The van der Waals surface area contributed by atoms with Crippen molar-refractivity contribution < 1.29 is 27.0 Å². The van der Waals surface area contributed by atoms with Gasteiger partial charge in [-0.2, -0.15) is 0 Å². The molecule has 21 heavy (non-hydrogen) atoms. The van der Waals surface area contributed by atoms with Crippen molar-refractivity contribution in [3.63, 3.8) is 0 Å². The van der Waals surface area contributed by atoms with E-state index in [4.69, 9.17) is 10.2 Å². The third kappa shape index (κ3) is 3.53. The number of phenolic OH excluding ortho intramolecular Hbond substituents is 2. The molecule has 0 amide bonds. The number of benzene rings is 2. The highest BCUT2D eigenvalue weighted by molar-refractivity contribution is 8.08. The van der Waals surface area contributed by atoms with Crippen LogP contribution in [0.5, 0.6) is 11.5 Å². The Morgan fingerprint density at radius 1 is 0.619 bits per heavy atom. The Morgan fingerprint density at radius 3 is 1.19 bits per heavy atom. The van der Waals surface area contributed by atoms with Gasteiger partial charge in [-0.1, -0.05) is 0 Å². The summed E-state index contributed by atoms with van der Waals surface area (Å²) in [5.74, 6) is -0.231. The van der Waals surface area contributed by atoms with E-state index in [0.29, 0.717) is 0 Å². The predicted molar refractivity (Wildman–Crippen MR) is 75.5 cm³/mol. The van der Waals surface area contributed by atoms with Gasteiger partial charge in [0.25, 0.3) is 0 Å². The molecule has 0 heterocycles. The molecular weight excluding hydrogens is 316 g/mol. The van der Waals surface area contributed by atoms with Crippen molar-refractivity contribution in [3.05, 3.63) is 48.5 Å². The Balaban J connectivity index is 2.35. The van der Waals surface area contributed by atoms with Crippen LogP contribution in [-0.2, 0) is 19.7 Å². The molecule has 0 aliphatic heterocycles. The molecule has 6 nitrogen and oxygen atoms in total. The zero-order valence-electron chi connectivity index (χ0n) is 10.7. The second kappa shape index (κ2) is 5.38. The third-order valence-electron chi connectivity index (χ3n) is 2.70. The molecule has 0 saturated heterocycles. The third-order valence-corrected chi connectivity index (χ3v) is 7.17. The van der Waals surface area contributed by atoms with Gasteiger partial charge in [0, 0.05) is 0 Å². The summed E-state index contributed by atoms with van der Waals surface area (Å²) >= 11 is 0. The topological polar surface area (TPSA) is 109 Å². The van der Waals surface area contributed by atoms with Crippen LogP contribution in [0.3, 0.4) is 0 Å². The van der Waals surface area contributed by atoms with E-state index in [0.717, 1.165) is 24.3 Å². The molecule has 0 saturated carbocycles. The first-order valence-corrected chi connectivity index (χ1v) is 9.05. The fourth-order valence-electron chi connectivity index (χ4n) is 1.65. The molecule has 8 heteroatoms. The van der Waals surface area contributed by atoms with Crippen LogP contribution in [-0.4, -0.2) is 32.1 Å². The summed E-state index contributed by atoms with van der Waals surface area (Å²) in [6.07, 6.45) is 0. The number of hydrogen-bond donors (Lipinski definition) is 2.